The molecule has 0 radical (unpaired) electrons. The zero-order chi connectivity index (χ0) is 11.7. The number of hydrogen-bond acceptors (Lipinski definition) is 4. The molecule has 2 fully saturated rings. The van der Waals surface area contributed by atoms with Gasteiger partial charge in [0, 0.05) is 43.4 Å². The number of anilines is 1. The van der Waals surface area contributed by atoms with Crippen LogP contribution in [0.5, 0.6) is 0 Å². The first-order chi connectivity index (χ1) is 8.34. The third kappa shape index (κ3) is 2.14. The van der Waals surface area contributed by atoms with Crippen molar-refractivity contribution in [3.05, 3.63) is 18.1 Å². The van der Waals surface area contributed by atoms with Gasteiger partial charge < -0.3 is 10.2 Å². The molecule has 2 aliphatic rings. The van der Waals surface area contributed by atoms with E-state index >= 15 is 0 Å². The quantitative estimate of drug-likeness (QED) is 0.840. The highest BCUT2D eigenvalue weighted by molar-refractivity contribution is 5.41. The van der Waals surface area contributed by atoms with Gasteiger partial charge in [0.05, 0.1) is 0 Å². The highest BCUT2D eigenvalue weighted by Gasteiger charge is 2.24. The zero-order valence-corrected chi connectivity index (χ0v) is 10.4. The van der Waals surface area contributed by atoms with Crippen molar-refractivity contribution in [2.24, 2.45) is 0 Å². The number of nitrogens with one attached hydrogen (secondary N) is 1. The van der Waals surface area contributed by atoms with Crippen molar-refractivity contribution in [1.82, 2.24) is 15.3 Å². The maximum atomic E-state index is 4.44. The van der Waals surface area contributed by atoms with Crippen LogP contribution in [0.2, 0.25) is 0 Å². The summed E-state index contributed by atoms with van der Waals surface area (Å²) >= 11 is 0. The molecule has 0 spiro atoms. The lowest BCUT2D eigenvalue weighted by Gasteiger charge is -2.35. The molecule has 0 unspecified atom stereocenters. The average Bonchev–Trinajstić information content (AvgIpc) is 2.28. The third-order valence-electron chi connectivity index (χ3n) is 3.99. The van der Waals surface area contributed by atoms with E-state index in [9.17, 15) is 0 Å². The van der Waals surface area contributed by atoms with Crippen LogP contribution in [0.25, 0.3) is 0 Å². The number of nitrogens with zero attached hydrogens (tertiary/aromatic N) is 3. The predicted octanol–water partition coefficient (Wildman–Crippen LogP) is 1.54. The Morgan fingerprint density at radius 3 is 2.94 bits per heavy atom. The van der Waals surface area contributed by atoms with Gasteiger partial charge in [-0.25, -0.2) is 9.97 Å². The van der Waals surface area contributed by atoms with Gasteiger partial charge in [0.1, 0.15) is 12.1 Å². The maximum absolute atomic E-state index is 4.44. The molecule has 0 amide bonds. The van der Waals surface area contributed by atoms with Gasteiger partial charge in [-0.15, -0.1) is 0 Å². The van der Waals surface area contributed by atoms with Crippen molar-refractivity contribution in [1.29, 1.82) is 0 Å². The summed E-state index contributed by atoms with van der Waals surface area (Å²) in [6, 6.07) is 2.72. The minimum atomic E-state index is 0.521. The number of piperazine rings is 1. The SMILES string of the molecule is C[C@@H]1CNCCN1c1cc(C2CCC2)ncn1. The van der Waals surface area contributed by atoms with Crippen LogP contribution in [0.4, 0.5) is 5.82 Å². The lowest BCUT2D eigenvalue weighted by molar-refractivity contribution is 0.410. The normalized spacial score (nSPS) is 25.7. The van der Waals surface area contributed by atoms with Gasteiger partial charge in [-0.05, 0) is 19.8 Å². The smallest absolute Gasteiger partial charge is 0.132 e. The maximum Gasteiger partial charge on any atom is 0.132 e. The molecular weight excluding hydrogens is 212 g/mol. The molecule has 3 rings (SSSR count). The van der Waals surface area contributed by atoms with E-state index in [-0.39, 0.29) is 0 Å². The van der Waals surface area contributed by atoms with Crippen molar-refractivity contribution >= 4 is 5.82 Å². The summed E-state index contributed by atoms with van der Waals surface area (Å²) in [5, 5.41) is 3.41. The van der Waals surface area contributed by atoms with E-state index in [0.29, 0.717) is 12.0 Å². The van der Waals surface area contributed by atoms with E-state index in [1.165, 1.54) is 25.0 Å². The van der Waals surface area contributed by atoms with Gasteiger partial charge in [0.15, 0.2) is 0 Å². The molecule has 1 saturated carbocycles. The van der Waals surface area contributed by atoms with Gasteiger partial charge in [0.2, 0.25) is 0 Å². The van der Waals surface area contributed by atoms with E-state index in [4.69, 9.17) is 0 Å². The summed E-state index contributed by atoms with van der Waals surface area (Å²) in [5.74, 6) is 1.80. The first-order valence-corrected chi connectivity index (χ1v) is 6.64. The highest BCUT2D eigenvalue weighted by atomic mass is 15.3. The second kappa shape index (κ2) is 4.61. The lowest BCUT2D eigenvalue weighted by atomic mass is 9.83. The summed E-state index contributed by atoms with van der Waals surface area (Å²) in [6.07, 6.45) is 5.69. The molecule has 1 aliphatic carbocycles. The minimum absolute atomic E-state index is 0.521. The number of rotatable bonds is 2. The van der Waals surface area contributed by atoms with Gasteiger partial charge in [-0.3, -0.25) is 0 Å². The first-order valence-electron chi connectivity index (χ1n) is 6.64. The van der Waals surface area contributed by atoms with Crippen molar-refractivity contribution in [2.75, 3.05) is 24.5 Å². The van der Waals surface area contributed by atoms with Gasteiger partial charge in [-0.2, -0.15) is 0 Å². The fourth-order valence-electron chi connectivity index (χ4n) is 2.63. The predicted molar refractivity (Wildman–Crippen MR) is 68.3 cm³/mol. The molecule has 1 aliphatic heterocycles. The molecule has 1 aromatic heterocycles. The molecule has 0 aromatic carbocycles. The van der Waals surface area contributed by atoms with Crippen LogP contribution in [0, 0.1) is 0 Å². The largest absolute Gasteiger partial charge is 0.351 e. The summed E-state index contributed by atoms with van der Waals surface area (Å²) in [7, 11) is 0. The van der Waals surface area contributed by atoms with Gasteiger partial charge >= 0.3 is 0 Å². The van der Waals surface area contributed by atoms with Crippen LogP contribution in [0.15, 0.2) is 12.4 Å². The molecule has 1 atom stereocenters. The number of aromatic nitrogens is 2. The van der Waals surface area contributed by atoms with E-state index in [1.807, 2.05) is 0 Å². The molecule has 1 saturated heterocycles. The molecule has 17 heavy (non-hydrogen) atoms. The Balaban J connectivity index is 1.81. The van der Waals surface area contributed by atoms with Gasteiger partial charge in [0.25, 0.3) is 0 Å². The summed E-state index contributed by atoms with van der Waals surface area (Å²) in [6.45, 7) is 5.38. The van der Waals surface area contributed by atoms with E-state index in [2.05, 4.69) is 33.2 Å². The molecule has 0 bridgehead atoms. The average molecular weight is 232 g/mol. The highest BCUT2D eigenvalue weighted by Crippen LogP contribution is 2.35. The molecule has 4 nitrogen and oxygen atoms in total. The van der Waals surface area contributed by atoms with E-state index in [0.717, 1.165) is 25.5 Å². The standard InChI is InChI=1S/C13H20N4/c1-10-8-14-5-6-17(10)13-7-12(15-9-16-13)11-3-2-4-11/h7,9-11,14H,2-6,8H2,1H3/t10-/m1/s1. The van der Waals surface area contributed by atoms with Crippen LogP contribution in [0.3, 0.4) is 0 Å². The number of hydrogen-bond donors (Lipinski definition) is 1. The molecular formula is C13H20N4. The molecule has 1 N–H and O–H groups in total. The van der Waals surface area contributed by atoms with Crippen molar-refractivity contribution < 1.29 is 0 Å². The molecule has 92 valence electrons. The third-order valence-corrected chi connectivity index (χ3v) is 3.99. The van der Waals surface area contributed by atoms with Crippen LogP contribution < -0.4 is 10.2 Å². The Labute approximate surface area is 102 Å². The zero-order valence-electron chi connectivity index (χ0n) is 10.4. The lowest BCUT2D eigenvalue weighted by Crippen LogP contribution is -2.50. The Morgan fingerprint density at radius 2 is 2.24 bits per heavy atom. The minimum Gasteiger partial charge on any atom is -0.351 e. The van der Waals surface area contributed by atoms with Crippen LogP contribution >= 0.6 is 0 Å². The summed E-state index contributed by atoms with van der Waals surface area (Å²) < 4.78 is 0. The van der Waals surface area contributed by atoms with Crippen molar-refractivity contribution in [2.45, 2.75) is 38.1 Å². The molecule has 1 aromatic rings. The second-order valence-corrected chi connectivity index (χ2v) is 5.18. The Bertz CT molecular complexity index is 389. The topological polar surface area (TPSA) is 41.0 Å². The van der Waals surface area contributed by atoms with Crippen LogP contribution in [0.1, 0.15) is 37.8 Å². The summed E-state index contributed by atoms with van der Waals surface area (Å²) in [4.78, 5) is 11.3. The fraction of sp³-hybridized carbons (Fsp3) is 0.692. The van der Waals surface area contributed by atoms with Crippen LogP contribution in [-0.2, 0) is 0 Å². The Kier molecular flexibility index (Phi) is 2.97. The second-order valence-electron chi connectivity index (χ2n) is 5.18. The van der Waals surface area contributed by atoms with Crippen LogP contribution in [-0.4, -0.2) is 35.6 Å². The summed E-state index contributed by atoms with van der Waals surface area (Å²) in [5.41, 5.74) is 1.24. The van der Waals surface area contributed by atoms with Crippen molar-refractivity contribution in [3.63, 3.8) is 0 Å². The Morgan fingerprint density at radius 1 is 1.35 bits per heavy atom. The molecule has 4 heteroatoms. The monoisotopic (exact) mass is 232 g/mol. The first kappa shape index (κ1) is 11.0. The Hall–Kier alpha value is -1.16. The van der Waals surface area contributed by atoms with E-state index in [1.54, 1.807) is 6.33 Å². The fourth-order valence-corrected chi connectivity index (χ4v) is 2.63. The van der Waals surface area contributed by atoms with E-state index < -0.39 is 0 Å². The van der Waals surface area contributed by atoms with Gasteiger partial charge in [-0.1, -0.05) is 6.42 Å². The molecule has 2 heterocycles. The van der Waals surface area contributed by atoms with Crippen molar-refractivity contribution in [3.8, 4) is 0 Å².